The van der Waals surface area contributed by atoms with Gasteiger partial charge in [-0.2, -0.15) is 0 Å². The summed E-state index contributed by atoms with van der Waals surface area (Å²) in [6, 6.07) is 15.8. The molecule has 4 rings (SSSR count). The fourth-order valence-electron chi connectivity index (χ4n) is 2.10. The van der Waals surface area contributed by atoms with E-state index in [1.54, 1.807) is 17.5 Å². The molecule has 1 aromatic carbocycles. The molecule has 96 valence electrons. The van der Waals surface area contributed by atoms with E-state index in [1.807, 2.05) is 53.9 Å². The van der Waals surface area contributed by atoms with E-state index in [2.05, 4.69) is 9.97 Å². The van der Waals surface area contributed by atoms with Gasteiger partial charge in [0.15, 0.2) is 5.76 Å². The number of fused-ring (bicyclic) bond motifs is 1. The Bertz CT molecular complexity index is 831. The first kappa shape index (κ1) is 11.4. The van der Waals surface area contributed by atoms with Crippen molar-refractivity contribution in [2.75, 3.05) is 0 Å². The lowest BCUT2D eigenvalue weighted by Gasteiger charge is -1.92. The summed E-state index contributed by atoms with van der Waals surface area (Å²) in [5.74, 6) is 0.796. The number of thiazole rings is 1. The molecule has 4 heteroatoms. The van der Waals surface area contributed by atoms with Crippen molar-refractivity contribution >= 4 is 22.3 Å². The monoisotopic (exact) mass is 278 g/mol. The highest BCUT2D eigenvalue weighted by atomic mass is 32.1. The summed E-state index contributed by atoms with van der Waals surface area (Å²) in [5, 5.41) is 4.00. The Balaban J connectivity index is 1.78. The molecule has 0 amide bonds. The van der Waals surface area contributed by atoms with Crippen LogP contribution >= 0.6 is 11.3 Å². The first-order valence-corrected chi connectivity index (χ1v) is 7.14. The van der Waals surface area contributed by atoms with Gasteiger partial charge in [0.2, 0.25) is 0 Å². The summed E-state index contributed by atoms with van der Waals surface area (Å²) in [7, 11) is 0. The highest BCUT2D eigenvalue weighted by Crippen LogP contribution is 2.31. The van der Waals surface area contributed by atoms with Crippen LogP contribution in [0.3, 0.4) is 0 Å². The molecule has 0 saturated heterocycles. The Morgan fingerprint density at radius 1 is 0.950 bits per heavy atom. The molecule has 0 bridgehead atoms. The molecule has 0 saturated carbocycles. The van der Waals surface area contributed by atoms with Gasteiger partial charge in [-0.25, -0.2) is 4.98 Å². The zero-order valence-corrected chi connectivity index (χ0v) is 11.3. The maximum Gasteiger partial charge on any atom is 0.154 e. The van der Waals surface area contributed by atoms with Crippen LogP contribution in [0, 0.1) is 0 Å². The van der Waals surface area contributed by atoms with E-state index in [0.29, 0.717) is 0 Å². The first-order valence-electron chi connectivity index (χ1n) is 6.26. The highest BCUT2D eigenvalue weighted by molar-refractivity contribution is 7.13. The smallest absolute Gasteiger partial charge is 0.154 e. The fraction of sp³-hybridized carbons (Fsp3) is 0. The SMILES string of the molecule is c1ccc(-c2nc(-c3cc4ccccc4o3)cs2)nc1. The van der Waals surface area contributed by atoms with Crippen LogP contribution in [0.25, 0.3) is 33.1 Å². The number of nitrogens with zero attached hydrogens (tertiary/aromatic N) is 2. The van der Waals surface area contributed by atoms with Gasteiger partial charge in [-0.05, 0) is 24.3 Å². The highest BCUT2D eigenvalue weighted by Gasteiger charge is 2.11. The van der Waals surface area contributed by atoms with Gasteiger partial charge in [-0.1, -0.05) is 24.3 Å². The number of aromatic nitrogens is 2. The number of hydrogen-bond donors (Lipinski definition) is 0. The van der Waals surface area contributed by atoms with E-state index >= 15 is 0 Å². The van der Waals surface area contributed by atoms with Gasteiger partial charge >= 0.3 is 0 Å². The normalized spacial score (nSPS) is 11.0. The molecule has 0 spiro atoms. The summed E-state index contributed by atoms with van der Waals surface area (Å²) in [4.78, 5) is 8.92. The number of furan rings is 1. The molecule has 0 aliphatic heterocycles. The minimum Gasteiger partial charge on any atom is -0.454 e. The van der Waals surface area contributed by atoms with Gasteiger partial charge in [0.1, 0.15) is 16.3 Å². The van der Waals surface area contributed by atoms with Crippen LogP contribution < -0.4 is 0 Å². The lowest BCUT2D eigenvalue weighted by molar-refractivity contribution is 0.629. The van der Waals surface area contributed by atoms with Crippen LogP contribution in [0.2, 0.25) is 0 Å². The van der Waals surface area contributed by atoms with Crippen LogP contribution in [0.4, 0.5) is 0 Å². The average Bonchev–Trinajstić information content (AvgIpc) is 3.14. The topological polar surface area (TPSA) is 38.9 Å². The second kappa shape index (κ2) is 4.58. The third-order valence-corrected chi connectivity index (χ3v) is 3.93. The molecule has 0 aliphatic carbocycles. The third kappa shape index (κ3) is 1.90. The van der Waals surface area contributed by atoms with E-state index in [4.69, 9.17) is 4.42 Å². The van der Waals surface area contributed by atoms with E-state index in [0.717, 1.165) is 33.1 Å². The Kier molecular flexibility index (Phi) is 2.60. The summed E-state index contributed by atoms with van der Waals surface area (Å²) in [5.41, 5.74) is 2.63. The van der Waals surface area contributed by atoms with Crippen molar-refractivity contribution in [3.8, 4) is 22.2 Å². The molecular formula is C16H10N2OS. The molecule has 0 unspecified atom stereocenters. The molecule has 20 heavy (non-hydrogen) atoms. The van der Waals surface area contributed by atoms with Gasteiger partial charge in [0, 0.05) is 17.0 Å². The van der Waals surface area contributed by atoms with Crippen LogP contribution in [0.15, 0.2) is 64.5 Å². The number of benzene rings is 1. The molecule has 0 N–H and O–H groups in total. The van der Waals surface area contributed by atoms with Crippen molar-refractivity contribution in [3.05, 3.63) is 60.1 Å². The van der Waals surface area contributed by atoms with E-state index in [9.17, 15) is 0 Å². The Hall–Kier alpha value is -2.46. The maximum atomic E-state index is 5.83. The largest absolute Gasteiger partial charge is 0.454 e. The maximum absolute atomic E-state index is 5.83. The lowest BCUT2D eigenvalue weighted by Crippen LogP contribution is -1.80. The Morgan fingerprint density at radius 2 is 1.85 bits per heavy atom. The zero-order chi connectivity index (χ0) is 13.4. The molecule has 3 heterocycles. The fourth-order valence-corrected chi connectivity index (χ4v) is 2.89. The summed E-state index contributed by atoms with van der Waals surface area (Å²) in [6.45, 7) is 0. The van der Waals surface area contributed by atoms with Crippen LogP contribution in [-0.4, -0.2) is 9.97 Å². The standard InChI is InChI=1S/C16H10N2OS/c1-2-7-14-11(5-1)9-15(19-14)13-10-20-16(18-13)12-6-3-4-8-17-12/h1-10H. The number of rotatable bonds is 2. The van der Waals surface area contributed by atoms with Crippen molar-refractivity contribution in [3.63, 3.8) is 0 Å². The Morgan fingerprint density at radius 3 is 2.70 bits per heavy atom. The predicted molar refractivity (Wildman–Crippen MR) is 80.6 cm³/mol. The van der Waals surface area contributed by atoms with Gasteiger partial charge in [0.25, 0.3) is 0 Å². The molecular weight excluding hydrogens is 268 g/mol. The average molecular weight is 278 g/mol. The zero-order valence-electron chi connectivity index (χ0n) is 10.5. The number of hydrogen-bond acceptors (Lipinski definition) is 4. The molecule has 3 aromatic heterocycles. The molecule has 0 radical (unpaired) electrons. The molecule has 0 fully saturated rings. The van der Waals surface area contributed by atoms with Crippen molar-refractivity contribution in [2.45, 2.75) is 0 Å². The number of para-hydroxylation sites is 1. The first-order chi connectivity index (χ1) is 9.90. The van der Waals surface area contributed by atoms with Crippen molar-refractivity contribution in [1.29, 1.82) is 0 Å². The van der Waals surface area contributed by atoms with Crippen molar-refractivity contribution in [2.24, 2.45) is 0 Å². The second-order valence-corrected chi connectivity index (χ2v) is 5.26. The molecule has 3 nitrogen and oxygen atoms in total. The predicted octanol–water partition coefficient (Wildman–Crippen LogP) is 4.62. The quantitative estimate of drug-likeness (QED) is 0.537. The van der Waals surface area contributed by atoms with E-state index < -0.39 is 0 Å². The van der Waals surface area contributed by atoms with E-state index in [1.165, 1.54) is 0 Å². The van der Waals surface area contributed by atoms with Crippen LogP contribution in [-0.2, 0) is 0 Å². The number of pyridine rings is 1. The summed E-state index contributed by atoms with van der Waals surface area (Å²) < 4.78 is 5.83. The minimum absolute atomic E-state index is 0.796. The second-order valence-electron chi connectivity index (χ2n) is 4.40. The molecule has 0 aliphatic rings. The van der Waals surface area contributed by atoms with Gasteiger partial charge < -0.3 is 4.42 Å². The summed E-state index contributed by atoms with van der Waals surface area (Å²) >= 11 is 1.57. The minimum atomic E-state index is 0.796. The van der Waals surface area contributed by atoms with Gasteiger partial charge in [-0.3, -0.25) is 4.98 Å². The molecule has 4 aromatic rings. The van der Waals surface area contributed by atoms with E-state index in [-0.39, 0.29) is 0 Å². The van der Waals surface area contributed by atoms with Crippen molar-refractivity contribution in [1.82, 2.24) is 9.97 Å². The third-order valence-electron chi connectivity index (χ3n) is 3.07. The molecule has 0 atom stereocenters. The van der Waals surface area contributed by atoms with Crippen molar-refractivity contribution < 1.29 is 4.42 Å². The van der Waals surface area contributed by atoms with Crippen LogP contribution in [0.1, 0.15) is 0 Å². The lowest BCUT2D eigenvalue weighted by atomic mass is 10.2. The Labute approximate surface area is 119 Å². The summed E-state index contributed by atoms with van der Waals surface area (Å²) in [6.07, 6.45) is 1.78. The van der Waals surface area contributed by atoms with Crippen LogP contribution in [0.5, 0.6) is 0 Å². The van der Waals surface area contributed by atoms with Gasteiger partial charge in [-0.15, -0.1) is 11.3 Å². The van der Waals surface area contributed by atoms with Gasteiger partial charge in [0.05, 0.1) is 5.69 Å².